The molecule has 0 heterocycles. The Balaban J connectivity index is 1.65. The molecule has 3 aromatic carbocycles. The van der Waals surface area contributed by atoms with Crippen molar-refractivity contribution in [2.75, 3.05) is 0 Å². The predicted molar refractivity (Wildman–Crippen MR) is 92.7 cm³/mol. The fourth-order valence-electron chi connectivity index (χ4n) is 2.31. The van der Waals surface area contributed by atoms with E-state index >= 15 is 0 Å². The lowest BCUT2D eigenvalue weighted by Crippen LogP contribution is -2.11. The molecule has 0 N–H and O–H groups in total. The Labute approximate surface area is 140 Å². The smallest absolute Gasteiger partial charge is 0.315 e. The van der Waals surface area contributed by atoms with Crippen LogP contribution in [0.15, 0.2) is 78.9 Å². The zero-order chi connectivity index (χ0) is 16.1. The van der Waals surface area contributed by atoms with Gasteiger partial charge in [0.05, 0.1) is 6.42 Å². The Morgan fingerprint density at radius 3 is 2.22 bits per heavy atom. The highest BCUT2D eigenvalue weighted by atomic mass is 35.5. The van der Waals surface area contributed by atoms with Crippen LogP contribution < -0.4 is 4.74 Å². The summed E-state index contributed by atoms with van der Waals surface area (Å²) in [7, 11) is 0. The maximum atomic E-state index is 12.0. The molecule has 3 rings (SSSR count). The zero-order valence-corrected chi connectivity index (χ0v) is 13.2. The van der Waals surface area contributed by atoms with Crippen LogP contribution in [-0.2, 0) is 11.2 Å². The number of hydrogen-bond donors (Lipinski definition) is 0. The van der Waals surface area contributed by atoms with Crippen molar-refractivity contribution in [2.45, 2.75) is 6.42 Å². The van der Waals surface area contributed by atoms with E-state index in [4.69, 9.17) is 16.3 Å². The fourth-order valence-corrected chi connectivity index (χ4v) is 2.49. The van der Waals surface area contributed by atoms with Gasteiger partial charge in [-0.1, -0.05) is 72.3 Å². The van der Waals surface area contributed by atoms with Gasteiger partial charge < -0.3 is 4.74 Å². The summed E-state index contributed by atoms with van der Waals surface area (Å²) in [6.45, 7) is 0. The van der Waals surface area contributed by atoms with E-state index in [0.29, 0.717) is 10.8 Å². The molecule has 23 heavy (non-hydrogen) atoms. The van der Waals surface area contributed by atoms with Gasteiger partial charge in [0.1, 0.15) is 5.75 Å². The fraction of sp³-hybridized carbons (Fsp3) is 0.0500. The predicted octanol–water partition coefficient (Wildman–Crippen LogP) is 5.16. The summed E-state index contributed by atoms with van der Waals surface area (Å²) in [5.74, 6) is 0.156. The minimum absolute atomic E-state index is 0.224. The number of benzene rings is 3. The van der Waals surface area contributed by atoms with Crippen LogP contribution in [0.1, 0.15) is 5.56 Å². The Kier molecular flexibility index (Phi) is 4.74. The molecule has 0 amide bonds. The topological polar surface area (TPSA) is 26.3 Å². The van der Waals surface area contributed by atoms with Crippen LogP contribution in [0.3, 0.4) is 0 Å². The lowest BCUT2D eigenvalue weighted by Gasteiger charge is -2.06. The summed E-state index contributed by atoms with van der Waals surface area (Å²) in [6.07, 6.45) is 0.224. The number of ether oxygens (including phenoxy) is 1. The highest BCUT2D eigenvalue weighted by Crippen LogP contribution is 2.20. The number of carbonyl (C=O) groups is 1. The molecule has 114 valence electrons. The van der Waals surface area contributed by atoms with Crippen molar-refractivity contribution in [3.63, 3.8) is 0 Å². The van der Waals surface area contributed by atoms with Crippen molar-refractivity contribution in [2.24, 2.45) is 0 Å². The van der Waals surface area contributed by atoms with Crippen LogP contribution in [0.4, 0.5) is 0 Å². The number of rotatable bonds is 4. The summed E-state index contributed by atoms with van der Waals surface area (Å²) < 4.78 is 5.29. The summed E-state index contributed by atoms with van der Waals surface area (Å²) in [6, 6.07) is 24.9. The van der Waals surface area contributed by atoms with E-state index in [-0.39, 0.29) is 12.4 Å². The molecule has 0 saturated heterocycles. The first kappa shape index (κ1) is 15.3. The van der Waals surface area contributed by atoms with Crippen molar-refractivity contribution < 1.29 is 9.53 Å². The van der Waals surface area contributed by atoms with E-state index in [1.165, 1.54) is 0 Å². The second kappa shape index (κ2) is 7.12. The minimum Gasteiger partial charge on any atom is -0.426 e. The van der Waals surface area contributed by atoms with E-state index in [1.54, 1.807) is 24.3 Å². The molecule has 0 bridgehead atoms. The molecule has 0 aliphatic rings. The van der Waals surface area contributed by atoms with Crippen LogP contribution in [0, 0.1) is 0 Å². The van der Waals surface area contributed by atoms with Gasteiger partial charge >= 0.3 is 5.97 Å². The van der Waals surface area contributed by atoms with E-state index in [9.17, 15) is 4.79 Å². The van der Waals surface area contributed by atoms with Gasteiger partial charge in [-0.25, -0.2) is 0 Å². The van der Waals surface area contributed by atoms with Gasteiger partial charge in [0.2, 0.25) is 0 Å². The van der Waals surface area contributed by atoms with E-state index in [2.05, 4.69) is 12.1 Å². The third kappa shape index (κ3) is 4.21. The molecule has 0 radical (unpaired) electrons. The van der Waals surface area contributed by atoms with Crippen LogP contribution in [0.25, 0.3) is 11.1 Å². The Bertz CT molecular complexity index is 795. The van der Waals surface area contributed by atoms with Gasteiger partial charge in [0.25, 0.3) is 0 Å². The third-order valence-corrected chi connectivity index (χ3v) is 3.67. The Morgan fingerprint density at radius 2 is 1.52 bits per heavy atom. The second-order valence-electron chi connectivity index (χ2n) is 5.17. The third-order valence-electron chi connectivity index (χ3n) is 3.44. The largest absolute Gasteiger partial charge is 0.426 e. The summed E-state index contributed by atoms with van der Waals surface area (Å²) in [5.41, 5.74) is 3.19. The van der Waals surface area contributed by atoms with Gasteiger partial charge in [-0.15, -0.1) is 0 Å². The first-order valence-electron chi connectivity index (χ1n) is 7.31. The zero-order valence-electron chi connectivity index (χ0n) is 12.4. The van der Waals surface area contributed by atoms with Crippen LogP contribution in [0.5, 0.6) is 5.75 Å². The van der Waals surface area contributed by atoms with E-state index in [1.807, 2.05) is 42.5 Å². The van der Waals surface area contributed by atoms with Gasteiger partial charge in [-0.2, -0.15) is 0 Å². The average Bonchev–Trinajstić information content (AvgIpc) is 2.56. The minimum atomic E-state index is -0.306. The maximum Gasteiger partial charge on any atom is 0.315 e. The number of hydrogen-bond acceptors (Lipinski definition) is 2. The molecule has 3 heteroatoms. The Hall–Kier alpha value is -2.58. The van der Waals surface area contributed by atoms with Gasteiger partial charge in [0, 0.05) is 5.02 Å². The molecule has 0 atom stereocenters. The average molecular weight is 323 g/mol. The maximum absolute atomic E-state index is 12.0. The molecule has 0 aliphatic carbocycles. The molecule has 0 spiro atoms. The van der Waals surface area contributed by atoms with Crippen molar-refractivity contribution in [3.05, 3.63) is 89.4 Å². The van der Waals surface area contributed by atoms with Gasteiger partial charge in [0.15, 0.2) is 0 Å². The molecule has 0 unspecified atom stereocenters. The molecular weight excluding hydrogens is 308 g/mol. The normalized spacial score (nSPS) is 10.3. The van der Waals surface area contributed by atoms with Gasteiger partial charge in [-0.3, -0.25) is 4.79 Å². The first-order chi connectivity index (χ1) is 11.2. The summed E-state index contributed by atoms with van der Waals surface area (Å²) in [5, 5.41) is 0.544. The quantitative estimate of drug-likeness (QED) is 0.490. The standard InChI is InChI=1S/C20H15ClO2/c21-18-7-4-8-19(14-18)23-20(22)13-15-9-11-17(12-10-15)16-5-2-1-3-6-16/h1-12,14H,13H2. The summed E-state index contributed by atoms with van der Waals surface area (Å²) in [4.78, 5) is 12.0. The number of carbonyl (C=O) groups excluding carboxylic acids is 1. The first-order valence-corrected chi connectivity index (χ1v) is 7.69. The van der Waals surface area contributed by atoms with Crippen molar-refractivity contribution in [1.82, 2.24) is 0 Å². The molecule has 0 fully saturated rings. The lowest BCUT2D eigenvalue weighted by atomic mass is 10.0. The molecular formula is C20H15ClO2. The Morgan fingerprint density at radius 1 is 0.826 bits per heavy atom. The van der Waals surface area contributed by atoms with Crippen molar-refractivity contribution in [3.8, 4) is 16.9 Å². The monoisotopic (exact) mass is 322 g/mol. The molecule has 2 nitrogen and oxygen atoms in total. The van der Waals surface area contributed by atoms with Crippen LogP contribution in [-0.4, -0.2) is 5.97 Å². The highest BCUT2D eigenvalue weighted by molar-refractivity contribution is 6.30. The number of halogens is 1. The molecule has 3 aromatic rings. The van der Waals surface area contributed by atoms with Crippen molar-refractivity contribution in [1.29, 1.82) is 0 Å². The molecule has 0 aliphatic heterocycles. The van der Waals surface area contributed by atoms with Crippen LogP contribution in [0.2, 0.25) is 5.02 Å². The lowest BCUT2D eigenvalue weighted by molar-refractivity contribution is -0.133. The van der Waals surface area contributed by atoms with Crippen molar-refractivity contribution >= 4 is 17.6 Å². The second-order valence-corrected chi connectivity index (χ2v) is 5.61. The van der Waals surface area contributed by atoms with E-state index in [0.717, 1.165) is 16.7 Å². The van der Waals surface area contributed by atoms with Gasteiger partial charge in [-0.05, 0) is 34.9 Å². The SMILES string of the molecule is O=C(Cc1ccc(-c2ccccc2)cc1)Oc1cccc(Cl)c1. The molecule has 0 saturated carbocycles. The van der Waals surface area contributed by atoms with Crippen LogP contribution >= 0.6 is 11.6 Å². The summed E-state index contributed by atoms with van der Waals surface area (Å²) >= 11 is 5.87. The highest BCUT2D eigenvalue weighted by Gasteiger charge is 2.07. The van der Waals surface area contributed by atoms with E-state index < -0.39 is 0 Å². The molecule has 0 aromatic heterocycles. The number of esters is 1.